The topological polar surface area (TPSA) is 87.9 Å². The van der Waals surface area contributed by atoms with Crippen molar-refractivity contribution in [1.29, 1.82) is 0 Å². The number of para-hydroxylation sites is 1. The summed E-state index contributed by atoms with van der Waals surface area (Å²) < 4.78 is 16.1. The largest absolute Gasteiger partial charge is 0.395 e. The molecule has 27 heavy (non-hydrogen) atoms. The van der Waals surface area contributed by atoms with E-state index in [9.17, 15) is 4.39 Å². The Balaban J connectivity index is 0.00000210. The van der Waals surface area contributed by atoms with Crippen LogP contribution in [0.5, 0.6) is 0 Å². The fraction of sp³-hybridized carbons (Fsp3) is 0.421. The van der Waals surface area contributed by atoms with Crippen LogP contribution in [0.1, 0.15) is 39.2 Å². The van der Waals surface area contributed by atoms with Crippen LogP contribution >= 0.6 is 0 Å². The Kier molecular flexibility index (Phi) is 5.85. The van der Waals surface area contributed by atoms with Crippen molar-refractivity contribution < 1.29 is 9.50 Å². The molecule has 1 saturated carbocycles. The molecule has 0 aliphatic heterocycles. The lowest BCUT2D eigenvalue weighted by molar-refractivity contribution is 0.311. The van der Waals surface area contributed by atoms with Crippen LogP contribution in [0.3, 0.4) is 0 Å². The minimum Gasteiger partial charge on any atom is -0.395 e. The first-order valence-electron chi connectivity index (χ1n) is 8.87. The first-order chi connectivity index (χ1) is 12.8. The number of aromatic nitrogens is 4. The number of hydrogen-bond donors (Lipinski definition) is 3. The maximum absolute atomic E-state index is 14.1. The molecule has 0 unspecified atom stereocenters. The summed E-state index contributed by atoms with van der Waals surface area (Å²) in [5, 5.41) is 15.1. The highest BCUT2D eigenvalue weighted by Crippen LogP contribution is 2.35. The van der Waals surface area contributed by atoms with E-state index >= 15 is 0 Å². The van der Waals surface area contributed by atoms with Crippen LogP contribution in [0.4, 0.5) is 22.0 Å². The van der Waals surface area contributed by atoms with Gasteiger partial charge in [-0.2, -0.15) is 4.98 Å². The third-order valence-electron chi connectivity index (χ3n) is 4.64. The van der Waals surface area contributed by atoms with Gasteiger partial charge >= 0.3 is 0 Å². The monoisotopic (exact) mass is 372 g/mol. The lowest BCUT2D eigenvalue weighted by Crippen LogP contribution is -2.12. The van der Waals surface area contributed by atoms with Crippen LogP contribution in [0.25, 0.3) is 11.2 Å². The van der Waals surface area contributed by atoms with Crippen LogP contribution < -0.4 is 10.6 Å². The second-order valence-electron chi connectivity index (χ2n) is 6.40. The number of anilines is 3. The molecule has 3 aromatic rings. The van der Waals surface area contributed by atoms with E-state index in [1.165, 1.54) is 6.07 Å². The number of aliphatic hydroxyl groups excluding tert-OH is 1. The predicted octanol–water partition coefficient (Wildman–Crippen LogP) is 3.86. The van der Waals surface area contributed by atoms with Crippen molar-refractivity contribution in [2.45, 2.75) is 39.2 Å². The summed E-state index contributed by atoms with van der Waals surface area (Å²) in [5.74, 6) is 0.697. The number of hydrogen-bond acceptors (Lipinski definition) is 6. The first kappa shape index (κ1) is 19.0. The van der Waals surface area contributed by atoms with E-state index in [-0.39, 0.29) is 25.9 Å². The molecule has 0 saturated heterocycles. The third-order valence-corrected chi connectivity index (χ3v) is 4.64. The zero-order valence-electron chi connectivity index (χ0n) is 14.3. The summed E-state index contributed by atoms with van der Waals surface area (Å²) in [5.41, 5.74) is 1.75. The van der Waals surface area contributed by atoms with Crippen molar-refractivity contribution in [3.63, 3.8) is 0 Å². The maximum Gasteiger partial charge on any atom is 0.224 e. The number of fused-ring (bicyclic) bond motifs is 1. The van der Waals surface area contributed by atoms with Crippen molar-refractivity contribution in [2.24, 2.45) is 0 Å². The minimum atomic E-state index is -0.325. The lowest BCUT2D eigenvalue weighted by Gasteiger charge is -2.17. The molecule has 0 bridgehead atoms. The zero-order chi connectivity index (χ0) is 17.9. The van der Waals surface area contributed by atoms with Gasteiger partial charge in [-0.05, 0) is 25.0 Å². The van der Waals surface area contributed by atoms with Crippen LogP contribution in [-0.2, 0) is 0 Å². The van der Waals surface area contributed by atoms with Crippen LogP contribution in [0, 0.1) is 5.82 Å². The minimum absolute atomic E-state index is 0. The molecule has 1 fully saturated rings. The van der Waals surface area contributed by atoms with Crippen molar-refractivity contribution >= 4 is 28.7 Å². The molecule has 1 aromatic carbocycles. The molecule has 0 spiro atoms. The molecule has 3 N–H and O–H groups in total. The van der Waals surface area contributed by atoms with E-state index in [2.05, 4.69) is 30.2 Å². The van der Waals surface area contributed by atoms with Gasteiger partial charge in [-0.25, -0.2) is 14.4 Å². The molecule has 4 rings (SSSR count). The second kappa shape index (κ2) is 8.30. The van der Waals surface area contributed by atoms with Gasteiger partial charge < -0.3 is 15.7 Å². The number of imidazole rings is 1. The number of benzene rings is 1. The standard InChI is InChI=1S/C18H21FN6O.CH4/c19-13-7-3-4-8-14(13)22-18-23-15-11-21-17(20-9-10-26)24-16(15)25(18)12-5-1-2-6-12;/h3-4,7-8,11-12,26H,1-2,5-6,9-10H2,(H,22,23)(H,20,21,24);1H4. The van der Waals surface area contributed by atoms with Gasteiger partial charge in [0, 0.05) is 12.6 Å². The van der Waals surface area contributed by atoms with Crippen molar-refractivity contribution in [2.75, 3.05) is 23.8 Å². The zero-order valence-corrected chi connectivity index (χ0v) is 14.3. The third kappa shape index (κ3) is 3.85. The van der Waals surface area contributed by atoms with Gasteiger partial charge in [-0.1, -0.05) is 32.4 Å². The Hall–Kier alpha value is -2.74. The van der Waals surface area contributed by atoms with Crippen molar-refractivity contribution in [3.8, 4) is 0 Å². The highest BCUT2D eigenvalue weighted by molar-refractivity contribution is 5.76. The summed E-state index contributed by atoms with van der Waals surface area (Å²) in [6.07, 6.45) is 6.05. The molecule has 0 radical (unpaired) electrons. The Labute approximate surface area is 157 Å². The highest BCUT2D eigenvalue weighted by Gasteiger charge is 2.24. The lowest BCUT2D eigenvalue weighted by atomic mass is 10.2. The summed E-state index contributed by atoms with van der Waals surface area (Å²) in [6, 6.07) is 6.82. The quantitative estimate of drug-likeness (QED) is 0.609. The van der Waals surface area contributed by atoms with Crippen LogP contribution in [-0.4, -0.2) is 37.8 Å². The maximum atomic E-state index is 14.1. The molecular formula is C19H25FN6O. The van der Waals surface area contributed by atoms with Crippen LogP contribution in [0.2, 0.25) is 0 Å². The van der Waals surface area contributed by atoms with E-state index in [1.807, 2.05) is 0 Å². The number of nitrogens with one attached hydrogen (secondary N) is 2. The average Bonchev–Trinajstić information content (AvgIpc) is 3.28. The Bertz CT molecular complexity index is 906. The van der Waals surface area contributed by atoms with Gasteiger partial charge in [-0.3, -0.25) is 4.57 Å². The average molecular weight is 372 g/mol. The molecule has 0 amide bonds. The molecule has 7 nitrogen and oxygen atoms in total. The number of rotatable bonds is 6. The fourth-order valence-electron chi connectivity index (χ4n) is 3.42. The summed E-state index contributed by atoms with van der Waals surface area (Å²) >= 11 is 0. The summed E-state index contributed by atoms with van der Waals surface area (Å²) in [7, 11) is 0. The van der Waals surface area contributed by atoms with E-state index in [1.54, 1.807) is 24.4 Å². The molecular weight excluding hydrogens is 347 g/mol. The van der Waals surface area contributed by atoms with E-state index in [4.69, 9.17) is 5.11 Å². The summed E-state index contributed by atoms with van der Waals surface area (Å²) in [6.45, 7) is 0.382. The fourth-order valence-corrected chi connectivity index (χ4v) is 3.42. The van der Waals surface area contributed by atoms with E-state index < -0.39 is 0 Å². The van der Waals surface area contributed by atoms with Gasteiger partial charge in [-0.15, -0.1) is 0 Å². The molecule has 0 atom stereocenters. The van der Waals surface area contributed by atoms with Gasteiger partial charge in [0.2, 0.25) is 11.9 Å². The van der Waals surface area contributed by atoms with E-state index in [0.29, 0.717) is 35.3 Å². The second-order valence-corrected chi connectivity index (χ2v) is 6.40. The van der Waals surface area contributed by atoms with Gasteiger partial charge in [0.05, 0.1) is 18.5 Å². The van der Waals surface area contributed by atoms with Gasteiger partial charge in [0.15, 0.2) is 5.65 Å². The normalized spacial score (nSPS) is 14.3. The Morgan fingerprint density at radius 1 is 1.19 bits per heavy atom. The van der Waals surface area contributed by atoms with Crippen LogP contribution in [0.15, 0.2) is 30.5 Å². The summed E-state index contributed by atoms with van der Waals surface area (Å²) in [4.78, 5) is 13.4. The smallest absolute Gasteiger partial charge is 0.224 e. The Morgan fingerprint density at radius 3 is 2.70 bits per heavy atom. The SMILES string of the molecule is C.OCCNc1ncc2nc(Nc3ccccc3F)n(C3CCCC3)c2n1. The molecule has 2 aromatic heterocycles. The Morgan fingerprint density at radius 2 is 1.96 bits per heavy atom. The first-order valence-corrected chi connectivity index (χ1v) is 8.87. The van der Waals surface area contributed by atoms with Gasteiger partial charge in [0.1, 0.15) is 11.3 Å². The molecule has 144 valence electrons. The molecule has 8 heteroatoms. The van der Waals surface area contributed by atoms with Gasteiger partial charge in [0.25, 0.3) is 0 Å². The van der Waals surface area contributed by atoms with E-state index in [0.717, 1.165) is 25.7 Å². The molecule has 1 aliphatic rings. The molecule has 2 heterocycles. The number of aliphatic hydroxyl groups is 1. The molecule has 1 aliphatic carbocycles. The van der Waals surface area contributed by atoms with Crippen molar-refractivity contribution in [3.05, 3.63) is 36.3 Å². The predicted molar refractivity (Wildman–Crippen MR) is 105 cm³/mol. The number of nitrogens with zero attached hydrogens (tertiary/aromatic N) is 4. The number of halogens is 1. The highest BCUT2D eigenvalue weighted by atomic mass is 19.1. The van der Waals surface area contributed by atoms with Crippen molar-refractivity contribution in [1.82, 2.24) is 19.5 Å².